The van der Waals surface area contributed by atoms with E-state index >= 15 is 0 Å². The number of nitrogens with one attached hydrogen (secondary N) is 2. The first-order chi connectivity index (χ1) is 10.0. The van der Waals surface area contributed by atoms with Gasteiger partial charge in [0, 0.05) is 14.0 Å². The van der Waals surface area contributed by atoms with Gasteiger partial charge in [0.15, 0.2) is 0 Å². The molecule has 0 aliphatic carbocycles. The number of halogens is 1. The van der Waals surface area contributed by atoms with E-state index in [1.807, 2.05) is 13.8 Å². The third kappa shape index (κ3) is 8.04. The van der Waals surface area contributed by atoms with Gasteiger partial charge in [-0.15, -0.1) is 0 Å². The average Bonchev–Trinajstić information content (AvgIpc) is 2.49. The lowest BCUT2D eigenvalue weighted by molar-refractivity contribution is -0.129. The van der Waals surface area contributed by atoms with Crippen LogP contribution < -0.4 is 10.6 Å². The first-order valence-corrected chi connectivity index (χ1v) is 6.84. The molecule has 0 saturated carbocycles. The van der Waals surface area contributed by atoms with Gasteiger partial charge in [-0.1, -0.05) is 26.0 Å². The Bertz CT molecular complexity index is 435. The predicted molar refractivity (Wildman–Crippen MR) is 79.1 cm³/mol. The van der Waals surface area contributed by atoms with Crippen LogP contribution in [-0.2, 0) is 20.9 Å². The molecule has 5 nitrogen and oxygen atoms in total. The van der Waals surface area contributed by atoms with Crippen molar-refractivity contribution < 1.29 is 18.7 Å². The van der Waals surface area contributed by atoms with E-state index in [1.165, 1.54) is 26.1 Å². The molecule has 1 atom stereocenters. The lowest BCUT2D eigenvalue weighted by Gasteiger charge is -2.16. The first-order valence-electron chi connectivity index (χ1n) is 6.84. The third-order valence-corrected chi connectivity index (χ3v) is 2.41. The van der Waals surface area contributed by atoms with Crippen LogP contribution in [0.3, 0.4) is 0 Å². The highest BCUT2D eigenvalue weighted by atomic mass is 19.1. The number of carbonyl (C=O) groups excluding carboxylic acids is 2. The summed E-state index contributed by atoms with van der Waals surface area (Å²) in [4.78, 5) is 22.4. The zero-order chi connectivity index (χ0) is 16.3. The second-order valence-corrected chi connectivity index (χ2v) is 4.01. The molecule has 0 radical (unpaired) electrons. The Labute approximate surface area is 124 Å². The molecule has 0 spiro atoms. The SMILES string of the molecule is CC.CNC(=O)C(COCc1ccc(F)cc1)NC(C)=O. The molecule has 0 saturated heterocycles. The van der Waals surface area contributed by atoms with Crippen LogP contribution in [0.1, 0.15) is 26.3 Å². The van der Waals surface area contributed by atoms with Crippen molar-refractivity contribution in [3.63, 3.8) is 0 Å². The number of rotatable bonds is 6. The van der Waals surface area contributed by atoms with Crippen molar-refractivity contribution >= 4 is 11.8 Å². The van der Waals surface area contributed by atoms with Crippen LogP contribution in [-0.4, -0.2) is 31.5 Å². The summed E-state index contributed by atoms with van der Waals surface area (Å²) in [7, 11) is 1.48. The quantitative estimate of drug-likeness (QED) is 0.838. The highest BCUT2D eigenvalue weighted by Gasteiger charge is 2.18. The van der Waals surface area contributed by atoms with E-state index < -0.39 is 6.04 Å². The topological polar surface area (TPSA) is 67.4 Å². The van der Waals surface area contributed by atoms with Gasteiger partial charge in [0.1, 0.15) is 11.9 Å². The van der Waals surface area contributed by atoms with Crippen molar-refractivity contribution in [1.82, 2.24) is 10.6 Å². The minimum absolute atomic E-state index is 0.0522. The van der Waals surface area contributed by atoms with E-state index in [9.17, 15) is 14.0 Å². The normalized spacial score (nSPS) is 10.9. The molecule has 21 heavy (non-hydrogen) atoms. The van der Waals surface area contributed by atoms with Crippen LogP contribution in [0.25, 0.3) is 0 Å². The van der Waals surface area contributed by atoms with Crippen LogP contribution in [0, 0.1) is 5.82 Å². The number of hydrogen-bond donors (Lipinski definition) is 2. The molecule has 2 N–H and O–H groups in total. The molecule has 0 heterocycles. The smallest absolute Gasteiger partial charge is 0.244 e. The lowest BCUT2D eigenvalue weighted by atomic mass is 10.2. The summed E-state index contributed by atoms with van der Waals surface area (Å²) in [5.74, 6) is -0.946. The molecular formula is C15H23FN2O3. The van der Waals surface area contributed by atoms with Gasteiger partial charge in [0.25, 0.3) is 0 Å². The zero-order valence-corrected chi connectivity index (χ0v) is 12.9. The minimum atomic E-state index is -0.733. The molecule has 1 aromatic rings. The molecule has 0 bridgehead atoms. The molecule has 2 amide bonds. The van der Waals surface area contributed by atoms with Crippen molar-refractivity contribution in [2.75, 3.05) is 13.7 Å². The van der Waals surface area contributed by atoms with Gasteiger partial charge in [-0.3, -0.25) is 9.59 Å². The minimum Gasteiger partial charge on any atom is -0.374 e. The Morgan fingerprint density at radius 2 is 1.81 bits per heavy atom. The van der Waals surface area contributed by atoms with Crippen molar-refractivity contribution in [3.05, 3.63) is 35.6 Å². The standard InChI is InChI=1S/C13H17FN2O3.C2H6/c1-9(17)16-12(13(18)15-2)8-19-7-10-3-5-11(14)6-4-10;1-2/h3-6,12H,7-8H2,1-2H3,(H,15,18)(H,16,17);1-2H3. The fraction of sp³-hybridized carbons (Fsp3) is 0.467. The fourth-order valence-corrected chi connectivity index (χ4v) is 1.48. The molecule has 6 heteroatoms. The van der Waals surface area contributed by atoms with E-state index in [1.54, 1.807) is 12.1 Å². The monoisotopic (exact) mass is 298 g/mol. The Morgan fingerprint density at radius 1 is 1.24 bits per heavy atom. The number of hydrogen-bond acceptors (Lipinski definition) is 3. The number of amides is 2. The van der Waals surface area contributed by atoms with Crippen LogP contribution in [0.4, 0.5) is 4.39 Å². The molecule has 0 aliphatic rings. The van der Waals surface area contributed by atoms with E-state index in [4.69, 9.17) is 4.74 Å². The van der Waals surface area contributed by atoms with E-state index in [0.717, 1.165) is 5.56 Å². The van der Waals surface area contributed by atoms with E-state index in [0.29, 0.717) is 0 Å². The first kappa shape index (κ1) is 19.1. The molecule has 0 aliphatic heterocycles. The maximum atomic E-state index is 12.7. The van der Waals surface area contributed by atoms with Gasteiger partial charge in [-0.2, -0.15) is 0 Å². The second kappa shape index (κ2) is 10.8. The summed E-state index contributed by atoms with van der Waals surface area (Å²) in [5, 5.41) is 4.93. The Morgan fingerprint density at radius 3 is 2.29 bits per heavy atom. The van der Waals surface area contributed by atoms with Crippen LogP contribution in [0.15, 0.2) is 24.3 Å². The summed E-state index contributed by atoms with van der Waals surface area (Å²) in [6.45, 7) is 5.62. The summed E-state index contributed by atoms with van der Waals surface area (Å²) in [6.07, 6.45) is 0. The van der Waals surface area contributed by atoms with Crippen LogP contribution >= 0.6 is 0 Å². The van der Waals surface area contributed by atoms with E-state index in [-0.39, 0.29) is 30.8 Å². The molecule has 1 rings (SSSR count). The van der Waals surface area contributed by atoms with Gasteiger partial charge < -0.3 is 15.4 Å². The van der Waals surface area contributed by atoms with Gasteiger partial charge in [-0.25, -0.2) is 4.39 Å². The number of ether oxygens (including phenoxy) is 1. The summed E-state index contributed by atoms with van der Waals surface area (Å²) in [6, 6.07) is 5.14. The average molecular weight is 298 g/mol. The molecular weight excluding hydrogens is 275 g/mol. The number of likely N-dealkylation sites (N-methyl/N-ethyl adjacent to an activating group) is 1. The number of carbonyl (C=O) groups is 2. The molecule has 0 fully saturated rings. The summed E-state index contributed by atoms with van der Waals surface area (Å²) >= 11 is 0. The highest BCUT2D eigenvalue weighted by Crippen LogP contribution is 2.04. The van der Waals surface area contributed by atoms with Crippen LogP contribution in [0.5, 0.6) is 0 Å². The third-order valence-electron chi connectivity index (χ3n) is 2.41. The lowest BCUT2D eigenvalue weighted by Crippen LogP contribution is -2.47. The van der Waals surface area contributed by atoms with E-state index in [2.05, 4.69) is 10.6 Å². The van der Waals surface area contributed by atoms with Gasteiger partial charge in [0.05, 0.1) is 13.2 Å². The Balaban J connectivity index is 0.00000191. The van der Waals surface area contributed by atoms with Crippen molar-refractivity contribution in [2.24, 2.45) is 0 Å². The van der Waals surface area contributed by atoms with Gasteiger partial charge in [0.2, 0.25) is 11.8 Å². The molecule has 118 valence electrons. The van der Waals surface area contributed by atoms with Crippen molar-refractivity contribution in [2.45, 2.75) is 33.4 Å². The largest absolute Gasteiger partial charge is 0.374 e. The number of benzene rings is 1. The van der Waals surface area contributed by atoms with Crippen LogP contribution in [0.2, 0.25) is 0 Å². The molecule has 1 aromatic carbocycles. The highest BCUT2D eigenvalue weighted by molar-refractivity contribution is 5.86. The van der Waals surface area contributed by atoms with Crippen molar-refractivity contribution in [1.29, 1.82) is 0 Å². The maximum absolute atomic E-state index is 12.7. The summed E-state index contributed by atoms with van der Waals surface area (Å²) in [5.41, 5.74) is 0.792. The summed E-state index contributed by atoms with van der Waals surface area (Å²) < 4.78 is 18.0. The molecule has 1 unspecified atom stereocenters. The van der Waals surface area contributed by atoms with Crippen molar-refractivity contribution in [3.8, 4) is 0 Å². The Hall–Kier alpha value is -1.95. The van der Waals surface area contributed by atoms with Gasteiger partial charge in [-0.05, 0) is 17.7 Å². The predicted octanol–water partition coefficient (Wildman–Crippen LogP) is 1.62. The molecule has 0 aromatic heterocycles. The zero-order valence-electron chi connectivity index (χ0n) is 12.9. The van der Waals surface area contributed by atoms with Gasteiger partial charge >= 0.3 is 0 Å². The fourth-order valence-electron chi connectivity index (χ4n) is 1.48. The maximum Gasteiger partial charge on any atom is 0.244 e. The second-order valence-electron chi connectivity index (χ2n) is 4.01. The Kier molecular flexibility index (Phi) is 9.79.